The number of ether oxygens (including phenoxy) is 1. The highest BCUT2D eigenvalue weighted by molar-refractivity contribution is 6.28. The van der Waals surface area contributed by atoms with Gasteiger partial charge in [-0.15, -0.1) is 0 Å². The van der Waals surface area contributed by atoms with E-state index < -0.39 is 23.6 Å². The van der Waals surface area contributed by atoms with Crippen LogP contribution in [0, 0.1) is 5.92 Å². The maximum atomic E-state index is 13.3. The minimum atomic E-state index is -0.483. The molecule has 1 unspecified atom stereocenters. The average Bonchev–Trinajstić information content (AvgIpc) is 2.73. The van der Waals surface area contributed by atoms with Crippen molar-refractivity contribution in [3.8, 4) is 0 Å². The molecule has 2 aliphatic rings. The lowest BCUT2D eigenvalue weighted by atomic mass is 9.91. The Balaban J connectivity index is 2.25. The molecule has 0 radical (unpaired) electrons. The van der Waals surface area contributed by atoms with Gasteiger partial charge in [-0.1, -0.05) is 26.0 Å². The largest absolute Gasteiger partial charge is 0.380 e. The van der Waals surface area contributed by atoms with E-state index in [0.717, 1.165) is 4.90 Å². The monoisotopic (exact) mass is 424 g/mol. The van der Waals surface area contributed by atoms with Crippen LogP contribution in [0.5, 0.6) is 0 Å². The number of carbonyl (C=O) groups excluding carboxylic acids is 4. The van der Waals surface area contributed by atoms with Gasteiger partial charge in [0.05, 0.1) is 13.2 Å². The van der Waals surface area contributed by atoms with Crippen molar-refractivity contribution in [1.82, 2.24) is 9.80 Å². The molecule has 3 rings (SSSR count). The van der Waals surface area contributed by atoms with E-state index in [1.807, 2.05) is 27.7 Å². The number of amides is 4. The van der Waals surface area contributed by atoms with E-state index in [1.54, 1.807) is 31.2 Å². The minimum absolute atomic E-state index is 0.0764. The Bertz CT molecular complexity index is 1100. The summed E-state index contributed by atoms with van der Waals surface area (Å²) in [6, 6.07) is 2.84. The second kappa shape index (κ2) is 8.98. The summed E-state index contributed by atoms with van der Waals surface area (Å²) in [4.78, 5) is 54.7. The normalized spacial score (nSPS) is 17.4. The van der Waals surface area contributed by atoms with Crippen molar-refractivity contribution < 1.29 is 23.9 Å². The van der Waals surface area contributed by atoms with Gasteiger partial charge in [0.1, 0.15) is 0 Å². The molecule has 0 aromatic heterocycles. The summed E-state index contributed by atoms with van der Waals surface area (Å²) in [7, 11) is 0. The highest BCUT2D eigenvalue weighted by Crippen LogP contribution is 2.21. The van der Waals surface area contributed by atoms with Crippen molar-refractivity contribution >= 4 is 35.3 Å². The van der Waals surface area contributed by atoms with Crippen LogP contribution in [-0.2, 0) is 14.3 Å². The molecule has 164 valence electrons. The van der Waals surface area contributed by atoms with E-state index in [-0.39, 0.29) is 25.1 Å². The molecule has 4 amide bonds. The fourth-order valence-corrected chi connectivity index (χ4v) is 3.83. The standard InChI is InChI=1S/C24H28N2O5/c1-6-8-17-21-18(24(30)26(23(17)29)15(5)14(3)4)10-9-16-19(21)13-20(27)25(22(16)28)11-12-31-7-2/h6,8-10,13-15H,7,11-12H2,1-5H3. The number of carbonyl (C=O) groups is 4. The number of nitrogens with zero attached hydrogens (tertiary/aromatic N) is 2. The first kappa shape index (κ1) is 22.6. The van der Waals surface area contributed by atoms with E-state index in [1.165, 1.54) is 11.0 Å². The number of fused-ring (bicyclic) bond motifs is 3. The first-order valence-corrected chi connectivity index (χ1v) is 10.6. The number of hydrogen-bond donors (Lipinski definition) is 0. The predicted molar refractivity (Wildman–Crippen MR) is 116 cm³/mol. The fourth-order valence-electron chi connectivity index (χ4n) is 3.83. The van der Waals surface area contributed by atoms with Crippen LogP contribution in [-0.4, -0.2) is 59.2 Å². The van der Waals surface area contributed by atoms with Gasteiger partial charge < -0.3 is 4.74 Å². The van der Waals surface area contributed by atoms with E-state index in [2.05, 4.69) is 0 Å². The summed E-state index contributed by atoms with van der Waals surface area (Å²) >= 11 is 0. The van der Waals surface area contributed by atoms with Gasteiger partial charge in [-0.3, -0.25) is 29.0 Å². The van der Waals surface area contributed by atoms with E-state index in [0.29, 0.717) is 33.7 Å². The summed E-state index contributed by atoms with van der Waals surface area (Å²) in [5.41, 5.74) is 0.919. The smallest absolute Gasteiger partial charge is 0.261 e. The molecule has 0 bridgehead atoms. The SMILES string of the molecule is CC=CC1=c2c(ccc3c2=CC(=O)N(CCOCC)C3=O)C(=O)N(C(C)C(C)C)C1=O. The maximum Gasteiger partial charge on any atom is 0.261 e. The van der Waals surface area contributed by atoms with Crippen LogP contribution >= 0.6 is 0 Å². The minimum Gasteiger partial charge on any atom is -0.380 e. The Morgan fingerprint density at radius 2 is 1.68 bits per heavy atom. The molecule has 1 aromatic rings. The maximum absolute atomic E-state index is 13.3. The second-order valence-corrected chi connectivity index (χ2v) is 7.96. The Labute approximate surface area is 181 Å². The van der Waals surface area contributed by atoms with Crippen molar-refractivity contribution in [2.24, 2.45) is 5.92 Å². The third-order valence-corrected chi connectivity index (χ3v) is 5.79. The molecule has 2 heterocycles. The summed E-state index contributed by atoms with van der Waals surface area (Å²) in [6.07, 6.45) is 4.69. The molecule has 0 spiro atoms. The lowest BCUT2D eigenvalue weighted by Crippen LogP contribution is -2.56. The van der Waals surface area contributed by atoms with E-state index in [9.17, 15) is 19.2 Å². The van der Waals surface area contributed by atoms with Gasteiger partial charge >= 0.3 is 0 Å². The molecule has 2 aliphatic heterocycles. The first-order valence-electron chi connectivity index (χ1n) is 10.6. The molecular weight excluding hydrogens is 396 g/mol. The molecule has 7 heteroatoms. The van der Waals surface area contributed by atoms with Gasteiger partial charge in [0.25, 0.3) is 23.6 Å². The highest BCUT2D eigenvalue weighted by atomic mass is 16.5. The van der Waals surface area contributed by atoms with Crippen molar-refractivity contribution in [3.63, 3.8) is 0 Å². The fraction of sp³-hybridized carbons (Fsp3) is 0.417. The van der Waals surface area contributed by atoms with Crippen LogP contribution in [0.15, 0.2) is 24.3 Å². The predicted octanol–water partition coefficient (Wildman–Crippen LogP) is 1.24. The lowest BCUT2D eigenvalue weighted by Gasteiger charge is -2.34. The van der Waals surface area contributed by atoms with Crippen LogP contribution in [0.1, 0.15) is 55.3 Å². The molecule has 0 N–H and O–H groups in total. The Hall–Kier alpha value is -3.06. The third-order valence-electron chi connectivity index (χ3n) is 5.79. The van der Waals surface area contributed by atoms with E-state index >= 15 is 0 Å². The Morgan fingerprint density at radius 3 is 2.29 bits per heavy atom. The number of imide groups is 2. The van der Waals surface area contributed by atoms with Gasteiger partial charge in [-0.2, -0.15) is 0 Å². The van der Waals surface area contributed by atoms with Gasteiger partial charge in [0.15, 0.2) is 0 Å². The summed E-state index contributed by atoms with van der Waals surface area (Å²) in [5.74, 6) is -1.69. The van der Waals surface area contributed by atoms with Gasteiger partial charge in [-0.05, 0) is 38.8 Å². The zero-order chi connectivity index (χ0) is 22.9. The summed E-state index contributed by atoms with van der Waals surface area (Å²) in [5, 5.41) is 0.677. The Kier molecular flexibility index (Phi) is 6.55. The molecule has 0 fully saturated rings. The molecule has 0 aliphatic carbocycles. The first-order chi connectivity index (χ1) is 14.7. The van der Waals surface area contributed by atoms with Gasteiger partial charge in [0, 0.05) is 45.9 Å². The second-order valence-electron chi connectivity index (χ2n) is 7.96. The number of rotatable bonds is 7. The van der Waals surface area contributed by atoms with Crippen LogP contribution in [0.25, 0.3) is 11.6 Å². The average molecular weight is 424 g/mol. The van der Waals surface area contributed by atoms with Crippen molar-refractivity contribution in [1.29, 1.82) is 0 Å². The summed E-state index contributed by atoms with van der Waals surface area (Å²) in [6.45, 7) is 10.2. The highest BCUT2D eigenvalue weighted by Gasteiger charge is 2.37. The van der Waals surface area contributed by atoms with E-state index in [4.69, 9.17) is 4.74 Å². The van der Waals surface area contributed by atoms with Crippen LogP contribution in [0.4, 0.5) is 0 Å². The molecule has 1 atom stereocenters. The zero-order valence-electron chi connectivity index (χ0n) is 18.6. The van der Waals surface area contributed by atoms with Gasteiger partial charge in [-0.25, -0.2) is 0 Å². The van der Waals surface area contributed by atoms with Crippen LogP contribution in [0.3, 0.4) is 0 Å². The molecule has 0 saturated heterocycles. The number of hydrogen-bond acceptors (Lipinski definition) is 5. The number of allylic oxidation sites excluding steroid dienone is 1. The molecule has 7 nitrogen and oxygen atoms in total. The van der Waals surface area contributed by atoms with Gasteiger partial charge in [0.2, 0.25) is 0 Å². The van der Waals surface area contributed by atoms with Crippen LogP contribution < -0.4 is 10.4 Å². The lowest BCUT2D eigenvalue weighted by molar-refractivity contribution is -0.125. The van der Waals surface area contributed by atoms with Crippen molar-refractivity contribution in [2.75, 3.05) is 19.8 Å². The quantitative estimate of drug-likeness (QED) is 0.486. The Morgan fingerprint density at radius 1 is 1.00 bits per heavy atom. The van der Waals surface area contributed by atoms with Crippen molar-refractivity contribution in [3.05, 3.63) is 45.8 Å². The molecular formula is C24H28N2O5. The summed E-state index contributed by atoms with van der Waals surface area (Å²) < 4.78 is 5.27. The number of benzene rings is 1. The van der Waals surface area contributed by atoms with Crippen LogP contribution in [0.2, 0.25) is 0 Å². The molecule has 0 saturated carbocycles. The molecule has 31 heavy (non-hydrogen) atoms. The topological polar surface area (TPSA) is 84.0 Å². The third kappa shape index (κ3) is 3.85. The zero-order valence-corrected chi connectivity index (χ0v) is 18.6. The van der Waals surface area contributed by atoms with Crippen molar-refractivity contribution in [2.45, 2.75) is 40.7 Å². The molecule has 1 aromatic carbocycles.